The fourth-order valence-electron chi connectivity index (χ4n) is 2.44. The Morgan fingerprint density at radius 2 is 2.00 bits per heavy atom. The highest BCUT2D eigenvalue weighted by molar-refractivity contribution is 7.90. The molecule has 0 fully saturated rings. The molecule has 132 valence electrons. The van der Waals surface area contributed by atoms with Crippen LogP contribution in [0.25, 0.3) is 0 Å². The van der Waals surface area contributed by atoms with E-state index in [1.165, 1.54) is 6.26 Å². The van der Waals surface area contributed by atoms with Gasteiger partial charge in [0.25, 0.3) is 0 Å². The van der Waals surface area contributed by atoms with E-state index in [9.17, 15) is 8.42 Å². The summed E-state index contributed by atoms with van der Waals surface area (Å²) in [4.78, 5) is 4.18. The van der Waals surface area contributed by atoms with Crippen molar-refractivity contribution in [2.45, 2.75) is 46.1 Å². The molecule has 0 aliphatic heterocycles. The molecule has 2 unspecified atom stereocenters. The van der Waals surface area contributed by atoms with E-state index in [2.05, 4.69) is 27.7 Å². The molecule has 1 aromatic rings. The molecule has 2 N–H and O–H groups in total. The third-order valence-electron chi connectivity index (χ3n) is 3.69. The molecule has 1 heterocycles. The summed E-state index contributed by atoms with van der Waals surface area (Å²) in [6.45, 7) is 8.56. The first-order valence-electron chi connectivity index (χ1n) is 7.71. The topological polar surface area (TPSA) is 96.6 Å². The van der Waals surface area contributed by atoms with Gasteiger partial charge in [0, 0.05) is 37.4 Å². The van der Waals surface area contributed by atoms with Crippen molar-refractivity contribution in [2.75, 3.05) is 25.6 Å². The Bertz CT molecular complexity index is 618. The zero-order chi connectivity index (χ0) is 17.6. The minimum atomic E-state index is -2.94. The van der Waals surface area contributed by atoms with Crippen LogP contribution in [0, 0.1) is 13.8 Å². The number of aliphatic imine (C=N–C) groups is 1. The van der Waals surface area contributed by atoms with Crippen LogP contribution in [0.5, 0.6) is 0 Å². The minimum Gasteiger partial charge on any atom is -0.361 e. The van der Waals surface area contributed by atoms with Crippen molar-refractivity contribution in [2.24, 2.45) is 4.99 Å². The number of nitrogens with zero attached hydrogens (tertiary/aromatic N) is 2. The lowest BCUT2D eigenvalue weighted by molar-refractivity contribution is 0.391. The molecule has 0 saturated heterocycles. The third-order valence-corrected chi connectivity index (χ3v) is 4.66. The van der Waals surface area contributed by atoms with Gasteiger partial charge in [0.2, 0.25) is 0 Å². The number of nitrogens with one attached hydrogen (secondary N) is 2. The zero-order valence-electron chi connectivity index (χ0n) is 14.8. The van der Waals surface area contributed by atoms with Gasteiger partial charge in [-0.15, -0.1) is 0 Å². The molecule has 0 amide bonds. The Morgan fingerprint density at radius 3 is 2.48 bits per heavy atom. The number of hydrogen-bond acceptors (Lipinski definition) is 5. The maximum absolute atomic E-state index is 11.2. The molecule has 0 aromatic carbocycles. The fourth-order valence-corrected chi connectivity index (χ4v) is 3.22. The predicted molar refractivity (Wildman–Crippen MR) is 92.7 cm³/mol. The van der Waals surface area contributed by atoms with Crippen LogP contribution < -0.4 is 10.6 Å². The maximum Gasteiger partial charge on any atom is 0.191 e. The van der Waals surface area contributed by atoms with E-state index in [1.807, 2.05) is 20.8 Å². The Hall–Kier alpha value is -1.57. The second-order valence-corrected chi connectivity index (χ2v) is 8.32. The van der Waals surface area contributed by atoms with Crippen LogP contribution in [0.2, 0.25) is 0 Å². The van der Waals surface area contributed by atoms with Gasteiger partial charge in [-0.05, 0) is 27.2 Å². The molecular weight excluding hydrogens is 316 g/mol. The minimum absolute atomic E-state index is 0.0188. The first-order valence-corrected chi connectivity index (χ1v) is 9.77. The zero-order valence-corrected chi connectivity index (χ0v) is 15.6. The summed E-state index contributed by atoms with van der Waals surface area (Å²) in [5.74, 6) is 1.88. The van der Waals surface area contributed by atoms with E-state index in [1.54, 1.807) is 7.05 Å². The van der Waals surface area contributed by atoms with Gasteiger partial charge in [0.15, 0.2) is 5.96 Å². The Balaban J connectivity index is 2.51. The monoisotopic (exact) mass is 344 g/mol. The van der Waals surface area contributed by atoms with Crippen LogP contribution in [0.15, 0.2) is 9.52 Å². The summed E-state index contributed by atoms with van der Waals surface area (Å²) in [5, 5.41) is 10.4. The molecule has 0 aliphatic carbocycles. The van der Waals surface area contributed by atoms with Crippen LogP contribution >= 0.6 is 0 Å². The van der Waals surface area contributed by atoms with Crippen molar-refractivity contribution in [3.8, 4) is 0 Å². The number of guanidine groups is 1. The van der Waals surface area contributed by atoms with E-state index >= 15 is 0 Å². The molecule has 8 heteroatoms. The summed E-state index contributed by atoms with van der Waals surface area (Å²) < 4.78 is 27.6. The van der Waals surface area contributed by atoms with E-state index in [4.69, 9.17) is 4.52 Å². The van der Waals surface area contributed by atoms with E-state index in [0.717, 1.165) is 17.0 Å². The van der Waals surface area contributed by atoms with Gasteiger partial charge in [-0.2, -0.15) is 0 Å². The van der Waals surface area contributed by atoms with E-state index in [-0.39, 0.29) is 17.7 Å². The van der Waals surface area contributed by atoms with Crippen molar-refractivity contribution in [3.63, 3.8) is 0 Å². The van der Waals surface area contributed by atoms with Gasteiger partial charge in [-0.25, -0.2) is 8.42 Å². The van der Waals surface area contributed by atoms with Crippen molar-refractivity contribution >= 4 is 15.8 Å². The molecule has 1 aromatic heterocycles. The molecule has 7 nitrogen and oxygen atoms in total. The smallest absolute Gasteiger partial charge is 0.191 e. The lowest BCUT2D eigenvalue weighted by Gasteiger charge is -2.19. The first-order chi connectivity index (χ1) is 10.6. The van der Waals surface area contributed by atoms with Crippen LogP contribution in [-0.4, -0.2) is 51.2 Å². The number of rotatable bonds is 7. The molecule has 0 bridgehead atoms. The van der Waals surface area contributed by atoms with Gasteiger partial charge in [-0.1, -0.05) is 12.1 Å². The molecular formula is C15H28N4O3S. The van der Waals surface area contributed by atoms with Crippen LogP contribution in [0.3, 0.4) is 0 Å². The lowest BCUT2D eigenvalue weighted by atomic mass is 10.00. The molecule has 0 saturated carbocycles. The van der Waals surface area contributed by atoms with Gasteiger partial charge < -0.3 is 15.2 Å². The second-order valence-electron chi connectivity index (χ2n) is 6.06. The summed E-state index contributed by atoms with van der Waals surface area (Å²) in [7, 11) is -1.25. The third kappa shape index (κ3) is 6.60. The van der Waals surface area contributed by atoms with Gasteiger partial charge in [0.1, 0.15) is 15.6 Å². The van der Waals surface area contributed by atoms with Crippen LogP contribution in [0.1, 0.15) is 43.2 Å². The molecule has 0 radical (unpaired) electrons. The van der Waals surface area contributed by atoms with Crippen LogP contribution in [0.4, 0.5) is 0 Å². The van der Waals surface area contributed by atoms with Crippen molar-refractivity contribution in [1.82, 2.24) is 15.8 Å². The lowest BCUT2D eigenvalue weighted by Crippen LogP contribution is -2.43. The number of aryl methyl sites for hydroxylation is 2. The quantitative estimate of drug-likeness (QED) is 0.573. The van der Waals surface area contributed by atoms with Gasteiger partial charge >= 0.3 is 0 Å². The first kappa shape index (κ1) is 19.5. The van der Waals surface area contributed by atoms with Crippen molar-refractivity contribution in [3.05, 3.63) is 17.0 Å². The number of aromatic nitrogens is 1. The normalized spacial score (nSPS) is 15.3. The molecule has 2 atom stereocenters. The largest absolute Gasteiger partial charge is 0.361 e. The van der Waals surface area contributed by atoms with E-state index < -0.39 is 9.84 Å². The standard InChI is InChI=1S/C15H28N4O3S/c1-10(14-12(3)19-22-13(14)4)9-17-15(16-5)18-11(2)7-8-23(6,20)21/h10-11H,7-9H2,1-6H3,(H2,16,17,18). The summed E-state index contributed by atoms with van der Waals surface area (Å²) in [6.07, 6.45) is 1.79. The summed E-state index contributed by atoms with van der Waals surface area (Å²) in [6, 6.07) is 0.0188. The summed E-state index contributed by atoms with van der Waals surface area (Å²) in [5.41, 5.74) is 2.01. The maximum atomic E-state index is 11.2. The highest BCUT2D eigenvalue weighted by Crippen LogP contribution is 2.22. The Morgan fingerprint density at radius 1 is 1.35 bits per heavy atom. The molecule has 0 aliphatic rings. The molecule has 1 rings (SSSR count). The SMILES string of the molecule is CN=C(NCC(C)c1c(C)noc1C)NC(C)CCS(C)(=O)=O. The number of sulfone groups is 1. The average molecular weight is 344 g/mol. The Labute approximate surface area is 138 Å². The fraction of sp³-hybridized carbons (Fsp3) is 0.733. The van der Waals surface area contributed by atoms with Crippen molar-refractivity contribution < 1.29 is 12.9 Å². The highest BCUT2D eigenvalue weighted by atomic mass is 32.2. The van der Waals surface area contributed by atoms with Gasteiger partial charge in [0.05, 0.1) is 11.4 Å². The van der Waals surface area contributed by atoms with Crippen molar-refractivity contribution in [1.29, 1.82) is 0 Å². The van der Waals surface area contributed by atoms with Gasteiger partial charge in [-0.3, -0.25) is 4.99 Å². The summed E-state index contributed by atoms with van der Waals surface area (Å²) >= 11 is 0. The molecule has 0 spiro atoms. The van der Waals surface area contributed by atoms with E-state index in [0.29, 0.717) is 18.9 Å². The highest BCUT2D eigenvalue weighted by Gasteiger charge is 2.17. The predicted octanol–water partition coefficient (Wildman–Crippen LogP) is 1.38. The van der Waals surface area contributed by atoms with Crippen LogP contribution in [-0.2, 0) is 9.84 Å². The average Bonchev–Trinajstić information content (AvgIpc) is 2.79. The molecule has 23 heavy (non-hydrogen) atoms. The second kappa shape index (κ2) is 8.33. The number of hydrogen-bond donors (Lipinski definition) is 2. The Kier molecular flexibility index (Phi) is 7.05.